The molecule has 0 radical (unpaired) electrons. The van der Waals surface area contributed by atoms with Crippen LogP contribution in [-0.2, 0) is 4.79 Å². The van der Waals surface area contributed by atoms with Crippen molar-refractivity contribution in [1.82, 2.24) is 5.32 Å². The Morgan fingerprint density at radius 3 is 2.56 bits per heavy atom. The van der Waals surface area contributed by atoms with E-state index in [-0.39, 0.29) is 11.9 Å². The maximum absolute atomic E-state index is 11.6. The average Bonchev–Trinajstić information content (AvgIpc) is 2.67. The quantitative estimate of drug-likeness (QED) is 0.816. The molecule has 6 heteroatoms. The van der Waals surface area contributed by atoms with Crippen LogP contribution in [-0.4, -0.2) is 11.9 Å². The van der Waals surface area contributed by atoms with E-state index in [1.165, 1.54) is 19.3 Å². The lowest BCUT2D eigenvalue weighted by Crippen LogP contribution is -2.40. The van der Waals surface area contributed by atoms with Crippen molar-refractivity contribution in [3.8, 4) is 0 Å². The lowest BCUT2D eigenvalue weighted by Gasteiger charge is -2.26. The van der Waals surface area contributed by atoms with E-state index in [0.29, 0.717) is 6.04 Å². The molecule has 1 aromatic heterocycles. The predicted octanol–water partition coefficient (Wildman–Crippen LogP) is 3.72. The zero-order chi connectivity index (χ0) is 13.1. The highest BCUT2D eigenvalue weighted by Gasteiger charge is 2.25. The Kier molecular flexibility index (Phi) is 5.24. The molecule has 1 fully saturated rings. The van der Waals surface area contributed by atoms with E-state index in [0.717, 1.165) is 26.0 Å². The van der Waals surface area contributed by atoms with Crippen LogP contribution in [0.2, 0.25) is 0 Å². The average molecular weight is 396 g/mol. The molecule has 2 rings (SSSR count). The van der Waals surface area contributed by atoms with Crippen LogP contribution in [0.25, 0.3) is 0 Å². The monoisotopic (exact) mass is 394 g/mol. The minimum Gasteiger partial charge on any atom is -0.368 e. The van der Waals surface area contributed by atoms with E-state index in [1.54, 1.807) is 11.3 Å². The van der Waals surface area contributed by atoms with Gasteiger partial charge in [0.15, 0.2) is 0 Å². The highest BCUT2D eigenvalue weighted by Crippen LogP contribution is 2.36. The number of amides is 1. The Labute approximate surface area is 128 Å². The molecule has 100 valence electrons. The first-order valence-corrected chi connectivity index (χ1v) is 8.48. The molecule has 0 spiro atoms. The third-order valence-corrected chi connectivity index (χ3v) is 6.56. The second-order valence-corrected chi connectivity index (χ2v) is 7.86. The number of halogens is 2. The highest BCUT2D eigenvalue weighted by molar-refractivity contribution is 9.13. The smallest absolute Gasteiger partial charge is 0.240 e. The number of nitrogens with one attached hydrogen (secondary N) is 1. The molecule has 1 amide bonds. The summed E-state index contributed by atoms with van der Waals surface area (Å²) < 4.78 is 1.97. The number of nitrogens with two attached hydrogens (primary N) is 1. The van der Waals surface area contributed by atoms with E-state index >= 15 is 0 Å². The first-order valence-electron chi connectivity index (χ1n) is 6.08. The zero-order valence-corrected chi connectivity index (χ0v) is 13.9. The first-order chi connectivity index (χ1) is 8.58. The highest BCUT2D eigenvalue weighted by atomic mass is 79.9. The normalized spacial score (nSPS) is 18.8. The number of rotatable bonds is 4. The van der Waals surface area contributed by atoms with Gasteiger partial charge in [0.05, 0.1) is 3.79 Å². The molecular weight excluding hydrogens is 380 g/mol. The number of primary amides is 1. The van der Waals surface area contributed by atoms with Gasteiger partial charge in [0, 0.05) is 15.4 Å². The number of hydrogen-bond acceptors (Lipinski definition) is 3. The summed E-state index contributed by atoms with van der Waals surface area (Å²) in [5.74, 6) is -0.304. The van der Waals surface area contributed by atoms with Gasteiger partial charge in [-0.05, 0) is 50.8 Å². The molecule has 3 N–H and O–H groups in total. The minimum absolute atomic E-state index is 0.304. The molecule has 1 atom stereocenters. The maximum atomic E-state index is 11.6. The van der Waals surface area contributed by atoms with Crippen molar-refractivity contribution >= 4 is 49.1 Å². The van der Waals surface area contributed by atoms with E-state index in [2.05, 4.69) is 37.2 Å². The van der Waals surface area contributed by atoms with Gasteiger partial charge in [-0.15, -0.1) is 11.3 Å². The molecule has 1 aliphatic rings. The first kappa shape index (κ1) is 14.5. The molecule has 0 bridgehead atoms. The summed E-state index contributed by atoms with van der Waals surface area (Å²) in [6.45, 7) is 0. The molecule has 1 heterocycles. The summed E-state index contributed by atoms with van der Waals surface area (Å²) in [6.07, 6.45) is 6.05. The fourth-order valence-electron chi connectivity index (χ4n) is 2.32. The summed E-state index contributed by atoms with van der Waals surface area (Å²) in [5.41, 5.74) is 5.52. The molecular formula is C12H16Br2N2OS. The van der Waals surface area contributed by atoms with Crippen LogP contribution in [0.15, 0.2) is 14.3 Å². The van der Waals surface area contributed by atoms with Gasteiger partial charge >= 0.3 is 0 Å². The summed E-state index contributed by atoms with van der Waals surface area (Å²) in [7, 11) is 0. The van der Waals surface area contributed by atoms with Gasteiger partial charge in [-0.25, -0.2) is 0 Å². The Bertz CT molecular complexity index is 410. The maximum Gasteiger partial charge on any atom is 0.240 e. The Morgan fingerprint density at radius 2 is 2.06 bits per heavy atom. The van der Waals surface area contributed by atoms with Crippen molar-refractivity contribution in [3.05, 3.63) is 19.2 Å². The fourth-order valence-corrected chi connectivity index (χ4v) is 4.47. The third-order valence-electron chi connectivity index (χ3n) is 3.24. The second kappa shape index (κ2) is 6.50. The Morgan fingerprint density at radius 1 is 1.39 bits per heavy atom. The topological polar surface area (TPSA) is 55.1 Å². The van der Waals surface area contributed by atoms with Crippen molar-refractivity contribution < 1.29 is 4.79 Å². The van der Waals surface area contributed by atoms with E-state index in [9.17, 15) is 4.79 Å². The van der Waals surface area contributed by atoms with Crippen LogP contribution in [0, 0.1) is 0 Å². The molecule has 0 aliphatic heterocycles. The molecule has 1 unspecified atom stereocenters. The summed E-state index contributed by atoms with van der Waals surface area (Å²) in [5, 5.41) is 3.41. The summed E-state index contributed by atoms with van der Waals surface area (Å²) in [4.78, 5) is 12.6. The van der Waals surface area contributed by atoms with E-state index in [1.807, 2.05) is 6.07 Å². The predicted molar refractivity (Wildman–Crippen MR) is 81.7 cm³/mol. The Hall–Kier alpha value is 0.0900. The number of hydrogen-bond donors (Lipinski definition) is 2. The molecule has 3 nitrogen and oxygen atoms in total. The number of thiophene rings is 1. The summed E-state index contributed by atoms with van der Waals surface area (Å²) >= 11 is 8.44. The van der Waals surface area contributed by atoms with Gasteiger partial charge in [-0.3, -0.25) is 10.1 Å². The van der Waals surface area contributed by atoms with E-state index < -0.39 is 0 Å². The lowest BCUT2D eigenvalue weighted by atomic mass is 9.94. The Balaban J connectivity index is 2.10. The summed E-state index contributed by atoms with van der Waals surface area (Å²) in [6, 6.07) is 2.00. The van der Waals surface area contributed by atoms with Gasteiger partial charge in [0.25, 0.3) is 0 Å². The minimum atomic E-state index is -0.374. The van der Waals surface area contributed by atoms with E-state index in [4.69, 9.17) is 5.73 Å². The molecule has 1 aliphatic carbocycles. The van der Waals surface area contributed by atoms with Crippen LogP contribution in [0.5, 0.6) is 0 Å². The van der Waals surface area contributed by atoms with Crippen molar-refractivity contribution in [1.29, 1.82) is 0 Å². The van der Waals surface area contributed by atoms with Gasteiger partial charge in [0.1, 0.15) is 6.04 Å². The largest absolute Gasteiger partial charge is 0.368 e. The van der Waals surface area contributed by atoms with Crippen molar-refractivity contribution in [3.63, 3.8) is 0 Å². The molecule has 1 saturated carbocycles. The molecule has 1 aromatic rings. The third kappa shape index (κ3) is 3.56. The number of carbonyl (C=O) groups is 1. The SMILES string of the molecule is NC(=O)C(NC1CCCCC1)c1cc(Br)c(Br)s1. The van der Waals surface area contributed by atoms with Gasteiger partial charge in [-0.2, -0.15) is 0 Å². The van der Waals surface area contributed by atoms with Crippen LogP contribution in [0.3, 0.4) is 0 Å². The molecule has 0 aromatic carbocycles. The van der Waals surface area contributed by atoms with Gasteiger partial charge in [-0.1, -0.05) is 19.3 Å². The van der Waals surface area contributed by atoms with Gasteiger partial charge in [0.2, 0.25) is 5.91 Å². The van der Waals surface area contributed by atoms with Crippen LogP contribution >= 0.6 is 43.2 Å². The lowest BCUT2D eigenvalue weighted by molar-refractivity contribution is -0.120. The molecule has 0 saturated heterocycles. The second-order valence-electron chi connectivity index (χ2n) is 4.61. The standard InChI is InChI=1S/C12H16Br2N2OS/c13-8-6-9(18-11(8)14)10(12(15)17)16-7-4-2-1-3-5-7/h6-7,10,16H,1-5H2,(H2,15,17). The van der Waals surface area contributed by atoms with Crippen molar-refractivity contribution in [2.24, 2.45) is 5.73 Å². The van der Waals surface area contributed by atoms with Crippen LogP contribution < -0.4 is 11.1 Å². The van der Waals surface area contributed by atoms with Crippen molar-refractivity contribution in [2.75, 3.05) is 0 Å². The fraction of sp³-hybridized carbons (Fsp3) is 0.583. The van der Waals surface area contributed by atoms with Crippen LogP contribution in [0.1, 0.15) is 43.0 Å². The van der Waals surface area contributed by atoms with Crippen molar-refractivity contribution in [2.45, 2.75) is 44.2 Å². The molecule has 18 heavy (non-hydrogen) atoms. The number of carbonyl (C=O) groups excluding carboxylic acids is 1. The zero-order valence-electron chi connectivity index (χ0n) is 9.92. The van der Waals surface area contributed by atoms with Crippen LogP contribution in [0.4, 0.5) is 0 Å². The van der Waals surface area contributed by atoms with Gasteiger partial charge < -0.3 is 5.73 Å².